The highest BCUT2D eigenvalue weighted by Crippen LogP contribution is 2.30. The Morgan fingerprint density at radius 2 is 2.00 bits per heavy atom. The minimum absolute atomic E-state index is 0.183. The Bertz CT molecular complexity index is 794. The van der Waals surface area contributed by atoms with Crippen LogP contribution >= 0.6 is 11.3 Å². The molecular weight excluding hydrogens is 272 g/mol. The molecule has 102 valence electrons. The molecule has 0 aliphatic carbocycles. The van der Waals surface area contributed by atoms with Crippen LogP contribution in [-0.4, -0.2) is 19.8 Å². The second-order valence-electron chi connectivity index (χ2n) is 4.60. The first-order valence-corrected chi connectivity index (χ1v) is 7.30. The Labute approximate surface area is 119 Å². The minimum atomic E-state index is -0.194. The lowest BCUT2D eigenvalue weighted by Crippen LogP contribution is -2.19. The van der Waals surface area contributed by atoms with Crippen LogP contribution in [0.1, 0.15) is 35.5 Å². The molecule has 0 amide bonds. The highest BCUT2D eigenvalue weighted by molar-refractivity contribution is 7.16. The van der Waals surface area contributed by atoms with Gasteiger partial charge >= 0.3 is 0 Å². The Kier molecular flexibility index (Phi) is 3.31. The van der Waals surface area contributed by atoms with Gasteiger partial charge in [0.1, 0.15) is 10.7 Å². The first-order valence-electron chi connectivity index (χ1n) is 6.48. The molecule has 0 aliphatic rings. The number of rotatable bonds is 3. The molecule has 6 heteroatoms. The third kappa shape index (κ3) is 2.12. The van der Waals surface area contributed by atoms with Crippen LogP contribution in [0.5, 0.6) is 0 Å². The van der Waals surface area contributed by atoms with Gasteiger partial charge in [0, 0.05) is 5.92 Å². The molecule has 0 unspecified atom stereocenters. The summed E-state index contributed by atoms with van der Waals surface area (Å²) in [4.78, 5) is 12.5. The molecule has 5 nitrogen and oxygen atoms in total. The van der Waals surface area contributed by atoms with Gasteiger partial charge in [0.25, 0.3) is 5.56 Å². The van der Waals surface area contributed by atoms with E-state index < -0.39 is 0 Å². The summed E-state index contributed by atoms with van der Waals surface area (Å²) in [6, 6.07) is 10.2. The van der Waals surface area contributed by atoms with Crippen molar-refractivity contribution in [1.29, 1.82) is 0 Å². The highest BCUT2D eigenvalue weighted by Gasteiger charge is 2.18. The Hall–Kier alpha value is -2.08. The van der Waals surface area contributed by atoms with Crippen molar-refractivity contribution in [2.75, 3.05) is 0 Å². The SMILES string of the molecule is CC[C@@H](c1ccccc1)c1nn2c(=O)c(C)nnc2s1. The second-order valence-corrected chi connectivity index (χ2v) is 5.58. The van der Waals surface area contributed by atoms with Gasteiger partial charge in [-0.3, -0.25) is 4.79 Å². The quantitative estimate of drug-likeness (QED) is 0.742. The van der Waals surface area contributed by atoms with Gasteiger partial charge < -0.3 is 0 Å². The van der Waals surface area contributed by atoms with Crippen LogP contribution in [0.25, 0.3) is 4.96 Å². The van der Waals surface area contributed by atoms with Crippen LogP contribution in [0.15, 0.2) is 35.1 Å². The molecule has 0 bridgehead atoms. The van der Waals surface area contributed by atoms with E-state index in [1.165, 1.54) is 21.4 Å². The number of aryl methyl sites for hydroxylation is 1. The van der Waals surface area contributed by atoms with Crippen LogP contribution in [-0.2, 0) is 0 Å². The molecule has 0 N–H and O–H groups in total. The van der Waals surface area contributed by atoms with E-state index in [4.69, 9.17) is 0 Å². The van der Waals surface area contributed by atoms with Crippen LogP contribution in [0.4, 0.5) is 0 Å². The number of aromatic nitrogens is 4. The molecule has 1 atom stereocenters. The summed E-state index contributed by atoms with van der Waals surface area (Å²) in [5.74, 6) is 0.183. The normalized spacial score (nSPS) is 12.7. The molecule has 0 spiro atoms. The van der Waals surface area contributed by atoms with Gasteiger partial charge in [-0.2, -0.15) is 9.61 Å². The van der Waals surface area contributed by atoms with Crippen molar-refractivity contribution in [1.82, 2.24) is 19.8 Å². The number of fused-ring (bicyclic) bond motifs is 1. The summed E-state index contributed by atoms with van der Waals surface area (Å²) in [7, 11) is 0. The fraction of sp³-hybridized carbons (Fsp3) is 0.286. The van der Waals surface area contributed by atoms with E-state index in [-0.39, 0.29) is 11.5 Å². The maximum Gasteiger partial charge on any atom is 0.296 e. The number of nitrogens with zero attached hydrogens (tertiary/aromatic N) is 4. The summed E-state index contributed by atoms with van der Waals surface area (Å²) < 4.78 is 1.36. The van der Waals surface area contributed by atoms with Gasteiger partial charge in [-0.15, -0.1) is 10.2 Å². The van der Waals surface area contributed by atoms with Crippen molar-refractivity contribution in [2.45, 2.75) is 26.2 Å². The average Bonchev–Trinajstić information content (AvgIpc) is 2.90. The van der Waals surface area contributed by atoms with Gasteiger partial charge in [-0.05, 0) is 18.9 Å². The van der Waals surface area contributed by atoms with E-state index >= 15 is 0 Å². The van der Waals surface area contributed by atoms with Crippen molar-refractivity contribution in [3.05, 3.63) is 57.0 Å². The zero-order valence-electron chi connectivity index (χ0n) is 11.3. The second kappa shape index (κ2) is 5.13. The van der Waals surface area contributed by atoms with Crippen molar-refractivity contribution in [3.63, 3.8) is 0 Å². The predicted molar refractivity (Wildman–Crippen MR) is 78.2 cm³/mol. The largest absolute Gasteiger partial charge is 0.296 e. The maximum atomic E-state index is 12.0. The van der Waals surface area contributed by atoms with E-state index in [2.05, 4.69) is 34.4 Å². The molecule has 0 radical (unpaired) electrons. The van der Waals surface area contributed by atoms with Crippen LogP contribution in [0.2, 0.25) is 0 Å². The average molecular weight is 286 g/mol. The summed E-state index contributed by atoms with van der Waals surface area (Å²) in [6.45, 7) is 3.76. The third-order valence-electron chi connectivity index (χ3n) is 3.27. The smallest absolute Gasteiger partial charge is 0.265 e. The standard InChI is InChI=1S/C14H14N4OS/c1-3-11(10-7-5-4-6-8-10)12-17-18-13(19)9(2)15-16-14(18)20-12/h4-8,11H,3H2,1-2H3/t11-/m0/s1. The molecule has 3 rings (SSSR count). The lowest BCUT2D eigenvalue weighted by Gasteiger charge is -2.10. The molecule has 2 aromatic heterocycles. The lowest BCUT2D eigenvalue weighted by molar-refractivity contribution is 0.727. The fourth-order valence-electron chi connectivity index (χ4n) is 2.19. The molecular formula is C14H14N4OS. The lowest BCUT2D eigenvalue weighted by atomic mass is 9.97. The molecule has 0 aliphatic heterocycles. The summed E-state index contributed by atoms with van der Waals surface area (Å²) >= 11 is 1.43. The van der Waals surface area contributed by atoms with Crippen LogP contribution < -0.4 is 5.56 Å². The molecule has 1 aromatic carbocycles. The molecule has 2 heterocycles. The van der Waals surface area contributed by atoms with Crippen molar-refractivity contribution >= 4 is 16.3 Å². The van der Waals surface area contributed by atoms with E-state index in [9.17, 15) is 4.79 Å². The molecule has 0 fully saturated rings. The van der Waals surface area contributed by atoms with Crippen LogP contribution in [0, 0.1) is 6.92 Å². The third-order valence-corrected chi connectivity index (χ3v) is 4.28. The van der Waals surface area contributed by atoms with Gasteiger partial charge in [-0.25, -0.2) is 0 Å². The molecule has 0 saturated heterocycles. The maximum absolute atomic E-state index is 12.0. The fourth-order valence-corrected chi connectivity index (χ4v) is 3.23. The van der Waals surface area contributed by atoms with Crippen molar-refractivity contribution < 1.29 is 0 Å². The Morgan fingerprint density at radius 1 is 1.25 bits per heavy atom. The van der Waals surface area contributed by atoms with Crippen molar-refractivity contribution in [2.24, 2.45) is 0 Å². The van der Waals surface area contributed by atoms with Crippen molar-refractivity contribution in [3.8, 4) is 0 Å². The van der Waals surface area contributed by atoms with Gasteiger partial charge in [-0.1, -0.05) is 48.6 Å². The van der Waals surface area contributed by atoms with Gasteiger partial charge in [0.2, 0.25) is 4.96 Å². The minimum Gasteiger partial charge on any atom is -0.265 e. The molecule has 0 saturated carbocycles. The van der Waals surface area contributed by atoms with E-state index in [1.54, 1.807) is 6.92 Å². The Balaban J connectivity index is 2.14. The van der Waals surface area contributed by atoms with Gasteiger partial charge in [0.15, 0.2) is 0 Å². The van der Waals surface area contributed by atoms with E-state index in [1.807, 2.05) is 18.2 Å². The zero-order valence-corrected chi connectivity index (χ0v) is 12.1. The van der Waals surface area contributed by atoms with Gasteiger partial charge in [0.05, 0.1) is 0 Å². The first kappa shape index (κ1) is 12.9. The predicted octanol–water partition coefficient (Wildman–Crippen LogP) is 2.40. The molecule has 3 aromatic rings. The monoisotopic (exact) mass is 286 g/mol. The highest BCUT2D eigenvalue weighted by atomic mass is 32.1. The summed E-state index contributed by atoms with van der Waals surface area (Å²) in [5, 5.41) is 13.2. The zero-order chi connectivity index (χ0) is 14.1. The molecule has 20 heavy (non-hydrogen) atoms. The number of hydrogen-bond acceptors (Lipinski definition) is 5. The number of benzene rings is 1. The first-order chi connectivity index (χ1) is 9.70. The Morgan fingerprint density at radius 3 is 2.70 bits per heavy atom. The van der Waals surface area contributed by atoms with E-state index in [0.717, 1.165) is 11.4 Å². The summed E-state index contributed by atoms with van der Waals surface area (Å²) in [5.41, 5.74) is 1.37. The van der Waals surface area contributed by atoms with E-state index in [0.29, 0.717) is 10.7 Å². The topological polar surface area (TPSA) is 60.2 Å². The van der Waals surface area contributed by atoms with Crippen LogP contribution in [0.3, 0.4) is 0 Å². The number of hydrogen-bond donors (Lipinski definition) is 0. The summed E-state index contributed by atoms with van der Waals surface area (Å²) in [6.07, 6.45) is 0.922.